The van der Waals surface area contributed by atoms with Crippen LogP contribution in [0.25, 0.3) is 10.1 Å². The van der Waals surface area contributed by atoms with E-state index in [-0.39, 0.29) is 24.2 Å². The van der Waals surface area contributed by atoms with Crippen LogP contribution < -0.4 is 16.4 Å². The molecule has 0 aliphatic heterocycles. The molecule has 1 aliphatic rings. The molecule has 0 bridgehead atoms. The molecule has 1 saturated carbocycles. The van der Waals surface area contributed by atoms with Crippen LogP contribution in [0.15, 0.2) is 29.6 Å². The van der Waals surface area contributed by atoms with E-state index in [9.17, 15) is 9.59 Å². The minimum atomic E-state index is -0.691. The van der Waals surface area contributed by atoms with E-state index in [2.05, 4.69) is 28.1 Å². The predicted molar refractivity (Wildman–Crippen MR) is 129 cm³/mol. The highest BCUT2D eigenvalue weighted by molar-refractivity contribution is 7.17. The number of hydrogen-bond donors (Lipinski definition) is 3. The summed E-state index contributed by atoms with van der Waals surface area (Å²) in [5.74, 6) is 0.0430. The van der Waals surface area contributed by atoms with Crippen LogP contribution >= 0.6 is 23.7 Å². The van der Waals surface area contributed by atoms with Crippen molar-refractivity contribution in [3.8, 4) is 0 Å². The minimum Gasteiger partial charge on any atom is -0.383 e. The molecule has 6 nitrogen and oxygen atoms in total. The largest absolute Gasteiger partial charge is 0.383 e. The fourth-order valence-corrected chi connectivity index (χ4v) is 5.16. The number of carbonyl (C=O) groups excluding carboxylic acids is 2. The van der Waals surface area contributed by atoms with Crippen molar-refractivity contribution >= 4 is 45.6 Å². The first-order chi connectivity index (χ1) is 14.6. The van der Waals surface area contributed by atoms with Gasteiger partial charge < -0.3 is 21.1 Å². The Bertz CT molecular complexity index is 838. The van der Waals surface area contributed by atoms with E-state index in [1.165, 1.54) is 24.0 Å². The smallest absolute Gasteiger partial charge is 0.242 e. The summed E-state index contributed by atoms with van der Waals surface area (Å²) in [6, 6.07) is 6.88. The number of carbonyl (C=O) groups is 2. The highest BCUT2D eigenvalue weighted by atomic mass is 35.5. The Balaban J connectivity index is 0.00000341. The Kier molecular flexibility index (Phi) is 10.7. The van der Waals surface area contributed by atoms with E-state index in [0.29, 0.717) is 31.9 Å². The van der Waals surface area contributed by atoms with E-state index < -0.39 is 12.1 Å². The van der Waals surface area contributed by atoms with Crippen molar-refractivity contribution in [3.63, 3.8) is 0 Å². The maximum absolute atomic E-state index is 12.9. The first-order valence-electron chi connectivity index (χ1n) is 10.9. The van der Waals surface area contributed by atoms with Gasteiger partial charge in [0.05, 0.1) is 12.6 Å². The zero-order valence-corrected chi connectivity index (χ0v) is 19.7. The molecule has 31 heavy (non-hydrogen) atoms. The number of nitrogens with two attached hydrogens (primary N) is 1. The molecule has 1 heterocycles. The molecule has 4 N–H and O–H groups in total. The quantitative estimate of drug-likeness (QED) is 0.467. The predicted octanol–water partition coefficient (Wildman–Crippen LogP) is 3.41. The fraction of sp³-hybridized carbons (Fsp3) is 0.565. The lowest BCUT2D eigenvalue weighted by atomic mass is 9.84. The second kappa shape index (κ2) is 13.0. The monoisotopic (exact) mass is 467 g/mol. The molecule has 1 aromatic heterocycles. The Morgan fingerprint density at radius 2 is 1.94 bits per heavy atom. The third-order valence-corrected chi connectivity index (χ3v) is 6.88. The van der Waals surface area contributed by atoms with E-state index in [0.717, 1.165) is 23.8 Å². The SMILES string of the molecule is COCCNC(=O)[C@H](CC1CCCCC1)NC(=O)C(N)Cc1csc2ccccc12.Cl. The average molecular weight is 468 g/mol. The molecular weight excluding hydrogens is 434 g/mol. The van der Waals surface area contributed by atoms with Crippen molar-refractivity contribution in [1.29, 1.82) is 0 Å². The van der Waals surface area contributed by atoms with Gasteiger partial charge in [0.15, 0.2) is 0 Å². The Labute approximate surface area is 194 Å². The normalized spacial score (nSPS) is 16.3. The van der Waals surface area contributed by atoms with Crippen molar-refractivity contribution in [3.05, 3.63) is 35.2 Å². The van der Waals surface area contributed by atoms with Crippen molar-refractivity contribution in [2.75, 3.05) is 20.3 Å². The molecule has 2 atom stereocenters. The van der Waals surface area contributed by atoms with Gasteiger partial charge in [0, 0.05) is 18.4 Å². The third kappa shape index (κ3) is 7.45. The number of thiophene rings is 1. The number of methoxy groups -OCH3 is 1. The number of nitrogens with one attached hydrogen (secondary N) is 2. The molecule has 0 radical (unpaired) electrons. The summed E-state index contributed by atoms with van der Waals surface area (Å²) in [7, 11) is 1.60. The van der Waals surface area contributed by atoms with Crippen LogP contribution in [0, 0.1) is 5.92 Å². The topological polar surface area (TPSA) is 93.5 Å². The molecule has 8 heteroatoms. The fourth-order valence-electron chi connectivity index (χ4n) is 4.19. The van der Waals surface area contributed by atoms with Gasteiger partial charge in [0.25, 0.3) is 0 Å². The van der Waals surface area contributed by atoms with Crippen LogP contribution in [0.4, 0.5) is 0 Å². The maximum atomic E-state index is 12.9. The van der Waals surface area contributed by atoms with Gasteiger partial charge in [-0.1, -0.05) is 50.3 Å². The zero-order chi connectivity index (χ0) is 21.3. The number of amides is 2. The highest BCUT2D eigenvalue weighted by Gasteiger charge is 2.27. The Morgan fingerprint density at radius 3 is 2.68 bits per heavy atom. The second-order valence-electron chi connectivity index (χ2n) is 8.15. The molecule has 2 aromatic rings. The van der Waals surface area contributed by atoms with Crippen LogP contribution in [0.5, 0.6) is 0 Å². The number of rotatable bonds is 10. The minimum absolute atomic E-state index is 0. The Morgan fingerprint density at radius 1 is 1.19 bits per heavy atom. The van der Waals surface area contributed by atoms with Gasteiger partial charge in [0.1, 0.15) is 6.04 Å². The summed E-state index contributed by atoms with van der Waals surface area (Å²) < 4.78 is 6.20. The lowest BCUT2D eigenvalue weighted by Gasteiger charge is -2.27. The summed E-state index contributed by atoms with van der Waals surface area (Å²) >= 11 is 1.66. The number of ether oxygens (including phenoxy) is 1. The molecule has 172 valence electrons. The number of fused-ring (bicyclic) bond motifs is 1. The first kappa shape index (κ1) is 25.6. The van der Waals surface area contributed by atoms with E-state index in [4.69, 9.17) is 10.5 Å². The lowest BCUT2D eigenvalue weighted by molar-refractivity contribution is -0.130. The van der Waals surface area contributed by atoms with Crippen LogP contribution in [-0.4, -0.2) is 44.2 Å². The number of benzene rings is 1. The summed E-state index contributed by atoms with van der Waals surface area (Å²) in [6.07, 6.45) is 7.00. The van der Waals surface area contributed by atoms with Gasteiger partial charge >= 0.3 is 0 Å². The average Bonchev–Trinajstić information content (AvgIpc) is 3.17. The van der Waals surface area contributed by atoms with Gasteiger partial charge in [-0.05, 0) is 41.2 Å². The number of hydrogen-bond acceptors (Lipinski definition) is 5. The zero-order valence-electron chi connectivity index (χ0n) is 18.1. The molecule has 1 unspecified atom stereocenters. The summed E-state index contributed by atoms with van der Waals surface area (Å²) in [5, 5.41) is 9.01. The first-order valence-corrected chi connectivity index (χ1v) is 11.7. The standard InChI is InChI=1S/C23H33N3O3S.ClH/c1-29-12-11-25-23(28)20(13-16-7-3-2-4-8-16)26-22(27)19(24)14-17-15-30-21-10-6-5-9-18(17)21;/h5-6,9-10,15-16,19-20H,2-4,7-8,11-14,24H2,1H3,(H,25,28)(H,26,27);1H/t19?,20-;/m0./s1. The van der Waals surface area contributed by atoms with Gasteiger partial charge in [-0.2, -0.15) is 0 Å². The van der Waals surface area contributed by atoms with E-state index in [1.54, 1.807) is 18.4 Å². The van der Waals surface area contributed by atoms with Gasteiger partial charge in [0.2, 0.25) is 11.8 Å². The molecule has 2 amide bonds. The van der Waals surface area contributed by atoms with Crippen molar-refractivity contribution in [1.82, 2.24) is 10.6 Å². The lowest BCUT2D eigenvalue weighted by Crippen LogP contribution is -2.53. The highest BCUT2D eigenvalue weighted by Crippen LogP contribution is 2.28. The summed E-state index contributed by atoms with van der Waals surface area (Å²) in [5.41, 5.74) is 7.32. The molecular formula is C23H34ClN3O3S. The molecule has 1 aromatic carbocycles. The van der Waals surface area contributed by atoms with Gasteiger partial charge in [-0.3, -0.25) is 9.59 Å². The molecule has 0 saturated heterocycles. The van der Waals surface area contributed by atoms with Gasteiger partial charge in [-0.25, -0.2) is 0 Å². The van der Waals surface area contributed by atoms with Crippen molar-refractivity contribution in [2.24, 2.45) is 11.7 Å². The van der Waals surface area contributed by atoms with Crippen LogP contribution in [0.1, 0.15) is 44.1 Å². The van der Waals surface area contributed by atoms with Crippen LogP contribution in [-0.2, 0) is 20.7 Å². The second-order valence-corrected chi connectivity index (χ2v) is 9.06. The molecule has 3 rings (SSSR count). The van der Waals surface area contributed by atoms with E-state index in [1.807, 2.05) is 12.1 Å². The number of halogens is 1. The van der Waals surface area contributed by atoms with Crippen LogP contribution in [0.2, 0.25) is 0 Å². The molecule has 1 fully saturated rings. The van der Waals surface area contributed by atoms with Gasteiger partial charge in [-0.15, -0.1) is 23.7 Å². The van der Waals surface area contributed by atoms with Crippen LogP contribution in [0.3, 0.4) is 0 Å². The summed E-state index contributed by atoms with van der Waals surface area (Å²) in [6.45, 7) is 0.875. The molecule has 1 aliphatic carbocycles. The van der Waals surface area contributed by atoms with Crippen molar-refractivity contribution in [2.45, 2.75) is 57.0 Å². The third-order valence-electron chi connectivity index (χ3n) is 5.87. The molecule has 0 spiro atoms. The maximum Gasteiger partial charge on any atom is 0.242 e. The summed E-state index contributed by atoms with van der Waals surface area (Å²) in [4.78, 5) is 25.6. The van der Waals surface area contributed by atoms with E-state index >= 15 is 0 Å². The Hall–Kier alpha value is -1.67. The van der Waals surface area contributed by atoms with Crippen molar-refractivity contribution < 1.29 is 14.3 Å².